The first-order chi connectivity index (χ1) is 13.0. The van der Waals surface area contributed by atoms with Crippen LogP contribution in [-0.4, -0.2) is 17.5 Å². The van der Waals surface area contributed by atoms with E-state index in [0.717, 1.165) is 27.4 Å². The Hall–Kier alpha value is -2.37. The lowest BCUT2D eigenvalue weighted by molar-refractivity contribution is -0.116. The van der Waals surface area contributed by atoms with Gasteiger partial charge in [0.2, 0.25) is 5.91 Å². The van der Waals surface area contributed by atoms with Crippen molar-refractivity contribution < 1.29 is 9.53 Å². The zero-order valence-corrected chi connectivity index (χ0v) is 16.9. The number of amides is 1. The van der Waals surface area contributed by atoms with Gasteiger partial charge in [-0.15, -0.1) is 11.3 Å². The molecule has 2 aromatic carbocycles. The van der Waals surface area contributed by atoms with Gasteiger partial charge in [-0.25, -0.2) is 4.98 Å². The fourth-order valence-corrected chi connectivity index (χ4v) is 3.76. The van der Waals surface area contributed by atoms with Crippen molar-refractivity contribution in [1.29, 1.82) is 0 Å². The third-order valence-electron chi connectivity index (χ3n) is 4.03. The minimum atomic E-state index is -0.0558. The van der Waals surface area contributed by atoms with E-state index in [0.29, 0.717) is 29.6 Å². The van der Waals surface area contributed by atoms with Crippen molar-refractivity contribution >= 4 is 34.0 Å². The Labute approximate surface area is 168 Å². The van der Waals surface area contributed by atoms with Crippen LogP contribution < -0.4 is 10.1 Å². The van der Waals surface area contributed by atoms with Crippen molar-refractivity contribution in [2.24, 2.45) is 0 Å². The molecular weight excluding hydrogens is 380 g/mol. The van der Waals surface area contributed by atoms with E-state index >= 15 is 0 Å². The Morgan fingerprint density at radius 1 is 1.19 bits per heavy atom. The van der Waals surface area contributed by atoms with Gasteiger partial charge in [-0.05, 0) is 44.0 Å². The summed E-state index contributed by atoms with van der Waals surface area (Å²) >= 11 is 7.43. The van der Waals surface area contributed by atoms with E-state index in [1.165, 1.54) is 11.3 Å². The minimum Gasteiger partial charge on any atom is -0.493 e. The predicted octanol–water partition coefficient (Wildman–Crippen LogP) is 5.88. The van der Waals surface area contributed by atoms with Gasteiger partial charge in [0.1, 0.15) is 5.75 Å². The second kappa shape index (κ2) is 9.02. The molecule has 0 aliphatic heterocycles. The van der Waals surface area contributed by atoms with E-state index in [2.05, 4.69) is 10.3 Å². The third kappa shape index (κ3) is 5.31. The first-order valence-electron chi connectivity index (χ1n) is 8.74. The molecule has 0 unspecified atom stereocenters. The van der Waals surface area contributed by atoms with Crippen LogP contribution in [0.5, 0.6) is 5.75 Å². The van der Waals surface area contributed by atoms with Crippen LogP contribution in [0.4, 0.5) is 5.13 Å². The van der Waals surface area contributed by atoms with Crippen molar-refractivity contribution in [1.82, 2.24) is 4.98 Å². The summed E-state index contributed by atoms with van der Waals surface area (Å²) in [6.07, 6.45) is 1.01. The number of aryl methyl sites for hydroxylation is 2. The van der Waals surface area contributed by atoms with Gasteiger partial charge in [-0.3, -0.25) is 4.79 Å². The summed E-state index contributed by atoms with van der Waals surface area (Å²) in [6, 6.07) is 15.5. The quantitative estimate of drug-likeness (QED) is 0.504. The van der Waals surface area contributed by atoms with Crippen LogP contribution in [0.2, 0.25) is 5.02 Å². The van der Waals surface area contributed by atoms with Gasteiger partial charge >= 0.3 is 0 Å². The number of anilines is 1. The summed E-state index contributed by atoms with van der Waals surface area (Å²) in [5, 5.41) is 4.20. The topological polar surface area (TPSA) is 51.2 Å². The minimum absolute atomic E-state index is 0.0558. The molecule has 0 radical (unpaired) electrons. The molecule has 0 atom stereocenters. The summed E-state index contributed by atoms with van der Waals surface area (Å²) in [5.41, 5.74) is 2.95. The molecule has 0 spiro atoms. The average Bonchev–Trinajstić information content (AvgIpc) is 3.01. The highest BCUT2D eigenvalue weighted by molar-refractivity contribution is 7.16. The Morgan fingerprint density at radius 3 is 2.70 bits per heavy atom. The Balaban J connectivity index is 1.48. The molecule has 6 heteroatoms. The van der Waals surface area contributed by atoms with Crippen molar-refractivity contribution in [3.8, 4) is 17.0 Å². The van der Waals surface area contributed by atoms with E-state index in [-0.39, 0.29) is 5.91 Å². The fraction of sp³-hybridized carbons (Fsp3) is 0.238. The summed E-state index contributed by atoms with van der Waals surface area (Å²) in [5.74, 6) is 0.739. The summed E-state index contributed by atoms with van der Waals surface area (Å²) in [7, 11) is 0. The van der Waals surface area contributed by atoms with Crippen molar-refractivity contribution in [3.63, 3.8) is 0 Å². The lowest BCUT2D eigenvalue weighted by Crippen LogP contribution is -2.12. The number of rotatable bonds is 7. The summed E-state index contributed by atoms with van der Waals surface area (Å²) in [4.78, 5) is 17.8. The van der Waals surface area contributed by atoms with E-state index in [9.17, 15) is 4.79 Å². The third-order valence-corrected chi connectivity index (χ3v) is 5.15. The number of ether oxygens (including phenoxy) is 1. The fourth-order valence-electron chi connectivity index (χ4n) is 2.69. The van der Waals surface area contributed by atoms with Gasteiger partial charge in [-0.1, -0.05) is 41.9 Å². The largest absolute Gasteiger partial charge is 0.493 e. The molecule has 3 rings (SSSR count). The van der Waals surface area contributed by atoms with Crippen molar-refractivity contribution in [2.45, 2.75) is 26.7 Å². The lowest BCUT2D eigenvalue weighted by atomic mass is 10.1. The second-order valence-electron chi connectivity index (χ2n) is 6.20. The van der Waals surface area contributed by atoms with Crippen LogP contribution in [-0.2, 0) is 4.79 Å². The van der Waals surface area contributed by atoms with Crippen molar-refractivity contribution in [2.75, 3.05) is 11.9 Å². The van der Waals surface area contributed by atoms with Gasteiger partial charge in [0.15, 0.2) is 5.13 Å². The average molecular weight is 401 g/mol. The SMILES string of the molecule is Cc1cc(Cl)ccc1OCCCC(=O)Nc1nc(-c2ccccc2)c(C)s1. The highest BCUT2D eigenvalue weighted by atomic mass is 35.5. The number of nitrogens with one attached hydrogen (secondary N) is 1. The smallest absolute Gasteiger partial charge is 0.226 e. The maximum Gasteiger partial charge on any atom is 0.226 e. The normalized spacial score (nSPS) is 10.6. The molecule has 0 saturated carbocycles. The molecule has 1 amide bonds. The molecule has 0 aliphatic rings. The molecule has 3 aromatic rings. The van der Waals surface area contributed by atoms with Crippen molar-refractivity contribution in [3.05, 3.63) is 64.0 Å². The van der Waals surface area contributed by atoms with E-state index in [4.69, 9.17) is 16.3 Å². The van der Waals surface area contributed by atoms with Crippen LogP contribution >= 0.6 is 22.9 Å². The maximum atomic E-state index is 12.2. The lowest BCUT2D eigenvalue weighted by Gasteiger charge is -2.09. The predicted molar refractivity (Wildman–Crippen MR) is 112 cm³/mol. The first kappa shape index (κ1) is 19.4. The number of halogens is 1. The van der Waals surface area contributed by atoms with Crippen LogP contribution in [0.15, 0.2) is 48.5 Å². The number of hydrogen-bond acceptors (Lipinski definition) is 4. The van der Waals surface area contributed by atoms with Gasteiger partial charge in [0, 0.05) is 21.9 Å². The Kier molecular flexibility index (Phi) is 6.48. The van der Waals surface area contributed by atoms with E-state index in [1.54, 1.807) is 6.07 Å². The van der Waals surface area contributed by atoms with Crippen LogP contribution in [0, 0.1) is 13.8 Å². The highest BCUT2D eigenvalue weighted by Crippen LogP contribution is 2.30. The second-order valence-corrected chi connectivity index (χ2v) is 7.84. The molecular formula is C21H21ClN2O2S. The zero-order valence-electron chi connectivity index (χ0n) is 15.3. The number of aromatic nitrogens is 1. The number of hydrogen-bond donors (Lipinski definition) is 1. The zero-order chi connectivity index (χ0) is 19.2. The number of thiazole rings is 1. The molecule has 140 valence electrons. The molecule has 27 heavy (non-hydrogen) atoms. The number of carbonyl (C=O) groups is 1. The Bertz CT molecular complexity index is 925. The molecule has 1 N–H and O–H groups in total. The van der Waals surface area contributed by atoms with Crippen LogP contribution in [0.1, 0.15) is 23.3 Å². The standard InChI is InChI=1S/C21H21ClN2O2S/c1-14-13-17(22)10-11-18(14)26-12-6-9-19(25)23-21-24-20(15(2)27-21)16-7-4-3-5-8-16/h3-5,7-8,10-11,13H,6,9,12H2,1-2H3,(H,23,24,25). The molecule has 0 bridgehead atoms. The van der Waals surface area contributed by atoms with E-state index < -0.39 is 0 Å². The van der Waals surface area contributed by atoms with E-state index in [1.807, 2.05) is 56.3 Å². The summed E-state index contributed by atoms with van der Waals surface area (Å²) < 4.78 is 5.72. The molecule has 4 nitrogen and oxygen atoms in total. The highest BCUT2D eigenvalue weighted by Gasteiger charge is 2.12. The molecule has 0 fully saturated rings. The van der Waals surface area contributed by atoms with Gasteiger partial charge in [0.25, 0.3) is 0 Å². The number of nitrogens with zero attached hydrogens (tertiary/aromatic N) is 1. The number of carbonyl (C=O) groups excluding carboxylic acids is 1. The Morgan fingerprint density at radius 2 is 1.96 bits per heavy atom. The number of benzene rings is 2. The maximum absolute atomic E-state index is 12.2. The molecule has 1 heterocycles. The van der Waals surface area contributed by atoms with Crippen LogP contribution in [0.25, 0.3) is 11.3 Å². The monoisotopic (exact) mass is 400 g/mol. The van der Waals surface area contributed by atoms with Crippen LogP contribution in [0.3, 0.4) is 0 Å². The molecule has 1 aromatic heterocycles. The molecule has 0 saturated heterocycles. The van der Waals surface area contributed by atoms with Gasteiger partial charge in [0.05, 0.1) is 12.3 Å². The van der Waals surface area contributed by atoms with Gasteiger partial charge in [-0.2, -0.15) is 0 Å². The van der Waals surface area contributed by atoms with Gasteiger partial charge < -0.3 is 10.1 Å². The first-order valence-corrected chi connectivity index (χ1v) is 9.94. The summed E-state index contributed by atoms with van der Waals surface area (Å²) in [6.45, 7) is 4.43. The molecule has 0 aliphatic carbocycles.